The monoisotopic (exact) mass is 245 g/mol. The maximum absolute atomic E-state index is 5.76. The lowest BCUT2D eigenvalue weighted by Crippen LogP contribution is -1.95. The number of aryl methyl sites for hydroxylation is 2. The second-order valence-corrected chi connectivity index (χ2v) is 4.93. The molecule has 0 saturated heterocycles. The first-order valence-electron chi connectivity index (χ1n) is 5.42. The van der Waals surface area contributed by atoms with Crippen molar-refractivity contribution < 1.29 is 0 Å². The number of rotatable bonds is 3. The molecule has 0 amide bonds. The molecule has 1 heterocycles. The van der Waals surface area contributed by atoms with Gasteiger partial charge in [-0.15, -0.1) is 0 Å². The van der Waals surface area contributed by atoms with Crippen LogP contribution in [0.2, 0.25) is 0 Å². The highest BCUT2D eigenvalue weighted by atomic mass is 32.2. The van der Waals surface area contributed by atoms with Crippen LogP contribution in [0.3, 0.4) is 0 Å². The number of hydrogen-bond donors (Lipinski definition) is 1. The average Bonchev–Trinajstić information content (AvgIpc) is 2.32. The molecular weight excluding hydrogens is 230 g/mol. The van der Waals surface area contributed by atoms with Gasteiger partial charge in [-0.1, -0.05) is 35.5 Å². The molecule has 2 rings (SSSR count). The van der Waals surface area contributed by atoms with Gasteiger partial charge in [0.05, 0.1) is 0 Å². The maximum Gasteiger partial charge on any atom is 0.156 e. The number of anilines is 1. The second kappa shape index (κ2) is 5.19. The van der Waals surface area contributed by atoms with Gasteiger partial charge in [-0.05, 0) is 25.0 Å². The molecule has 0 unspecified atom stereocenters. The molecule has 0 atom stereocenters. The smallest absolute Gasteiger partial charge is 0.156 e. The standard InChI is InChI=1S/C13H15N3S/c1-9-3-4-10(2)11(7-9)8-17-13-12(14)15-5-6-16-13/h3-7H,8H2,1-2H3,(H2,14,15). The molecule has 0 bridgehead atoms. The Morgan fingerprint density at radius 2 is 1.94 bits per heavy atom. The molecule has 0 fully saturated rings. The van der Waals surface area contributed by atoms with Gasteiger partial charge in [-0.3, -0.25) is 0 Å². The molecule has 0 radical (unpaired) electrons. The van der Waals surface area contributed by atoms with Crippen molar-refractivity contribution in [1.82, 2.24) is 9.97 Å². The van der Waals surface area contributed by atoms with Crippen molar-refractivity contribution in [1.29, 1.82) is 0 Å². The first-order valence-corrected chi connectivity index (χ1v) is 6.41. The molecule has 88 valence electrons. The Morgan fingerprint density at radius 3 is 2.71 bits per heavy atom. The highest BCUT2D eigenvalue weighted by Gasteiger charge is 2.04. The number of aromatic nitrogens is 2. The van der Waals surface area contributed by atoms with E-state index in [0.29, 0.717) is 5.82 Å². The van der Waals surface area contributed by atoms with Gasteiger partial charge in [0.15, 0.2) is 5.82 Å². The van der Waals surface area contributed by atoms with Crippen LogP contribution in [0, 0.1) is 13.8 Å². The number of nitrogens with two attached hydrogens (primary N) is 1. The third-order valence-electron chi connectivity index (χ3n) is 2.56. The van der Waals surface area contributed by atoms with Crippen LogP contribution in [0.5, 0.6) is 0 Å². The van der Waals surface area contributed by atoms with Gasteiger partial charge in [0.2, 0.25) is 0 Å². The van der Waals surface area contributed by atoms with Crippen LogP contribution in [0.25, 0.3) is 0 Å². The SMILES string of the molecule is Cc1ccc(C)c(CSc2nccnc2N)c1. The normalized spacial score (nSPS) is 10.5. The van der Waals surface area contributed by atoms with Crippen LogP contribution in [-0.2, 0) is 5.75 Å². The van der Waals surface area contributed by atoms with E-state index >= 15 is 0 Å². The molecule has 3 nitrogen and oxygen atoms in total. The fourth-order valence-corrected chi connectivity index (χ4v) is 2.49. The number of benzene rings is 1. The van der Waals surface area contributed by atoms with Crippen molar-refractivity contribution in [2.24, 2.45) is 0 Å². The van der Waals surface area contributed by atoms with Gasteiger partial charge in [0.25, 0.3) is 0 Å². The lowest BCUT2D eigenvalue weighted by molar-refractivity contribution is 1.07. The van der Waals surface area contributed by atoms with E-state index in [-0.39, 0.29) is 0 Å². The van der Waals surface area contributed by atoms with Crippen LogP contribution < -0.4 is 5.73 Å². The van der Waals surface area contributed by atoms with Gasteiger partial charge in [0, 0.05) is 18.1 Å². The summed E-state index contributed by atoms with van der Waals surface area (Å²) < 4.78 is 0. The fraction of sp³-hybridized carbons (Fsp3) is 0.231. The van der Waals surface area contributed by atoms with Crippen LogP contribution in [0.1, 0.15) is 16.7 Å². The van der Waals surface area contributed by atoms with Gasteiger partial charge >= 0.3 is 0 Å². The summed E-state index contributed by atoms with van der Waals surface area (Å²) in [5, 5.41) is 0.799. The van der Waals surface area contributed by atoms with E-state index in [4.69, 9.17) is 5.73 Å². The van der Waals surface area contributed by atoms with Gasteiger partial charge in [0.1, 0.15) is 5.03 Å². The summed E-state index contributed by atoms with van der Waals surface area (Å²) in [6, 6.07) is 6.47. The van der Waals surface area contributed by atoms with Crippen molar-refractivity contribution in [2.45, 2.75) is 24.6 Å². The highest BCUT2D eigenvalue weighted by Crippen LogP contribution is 2.25. The van der Waals surface area contributed by atoms with E-state index in [1.807, 2.05) is 0 Å². The quantitative estimate of drug-likeness (QED) is 0.845. The molecule has 2 aromatic rings. The molecule has 0 aliphatic heterocycles. The van der Waals surface area contributed by atoms with E-state index < -0.39 is 0 Å². The summed E-state index contributed by atoms with van der Waals surface area (Å²) in [6.07, 6.45) is 3.28. The molecule has 2 N–H and O–H groups in total. The minimum atomic E-state index is 0.503. The molecule has 1 aromatic carbocycles. The molecular formula is C13H15N3S. The molecule has 0 saturated carbocycles. The van der Waals surface area contributed by atoms with E-state index in [2.05, 4.69) is 42.0 Å². The van der Waals surface area contributed by atoms with E-state index in [0.717, 1.165) is 10.8 Å². The third-order valence-corrected chi connectivity index (χ3v) is 3.60. The fourth-order valence-electron chi connectivity index (χ4n) is 1.55. The summed E-state index contributed by atoms with van der Waals surface area (Å²) in [5.41, 5.74) is 9.65. The molecule has 4 heteroatoms. The topological polar surface area (TPSA) is 51.8 Å². The van der Waals surface area contributed by atoms with E-state index in [1.54, 1.807) is 24.2 Å². The van der Waals surface area contributed by atoms with E-state index in [9.17, 15) is 0 Å². The minimum Gasteiger partial charge on any atom is -0.381 e. The minimum absolute atomic E-state index is 0.503. The van der Waals surface area contributed by atoms with Crippen molar-refractivity contribution >= 4 is 17.6 Å². The Morgan fingerprint density at radius 1 is 1.18 bits per heavy atom. The Bertz CT molecular complexity index is 526. The number of hydrogen-bond acceptors (Lipinski definition) is 4. The number of thioether (sulfide) groups is 1. The zero-order valence-electron chi connectivity index (χ0n) is 9.97. The first-order chi connectivity index (χ1) is 8.16. The van der Waals surface area contributed by atoms with Crippen molar-refractivity contribution in [3.8, 4) is 0 Å². The highest BCUT2D eigenvalue weighted by molar-refractivity contribution is 7.98. The predicted molar refractivity (Wildman–Crippen MR) is 71.9 cm³/mol. The predicted octanol–water partition coefficient (Wildman–Crippen LogP) is 2.97. The number of nitrogens with zero attached hydrogens (tertiary/aromatic N) is 2. The molecule has 0 spiro atoms. The zero-order chi connectivity index (χ0) is 12.3. The van der Waals surface area contributed by atoms with Gasteiger partial charge in [-0.2, -0.15) is 0 Å². The lowest BCUT2D eigenvalue weighted by Gasteiger charge is -2.07. The largest absolute Gasteiger partial charge is 0.381 e. The first kappa shape index (κ1) is 11.9. The summed E-state index contributed by atoms with van der Waals surface area (Å²) in [5.74, 6) is 1.37. The molecule has 1 aromatic heterocycles. The Balaban J connectivity index is 2.12. The van der Waals surface area contributed by atoms with Crippen LogP contribution >= 0.6 is 11.8 Å². The Labute approximate surface area is 105 Å². The van der Waals surface area contributed by atoms with Crippen molar-refractivity contribution in [2.75, 3.05) is 5.73 Å². The summed E-state index contributed by atoms with van der Waals surface area (Å²) in [4.78, 5) is 8.25. The summed E-state index contributed by atoms with van der Waals surface area (Å²) >= 11 is 1.62. The Hall–Kier alpha value is -1.55. The zero-order valence-corrected chi connectivity index (χ0v) is 10.8. The third kappa shape index (κ3) is 2.97. The molecule has 0 aliphatic carbocycles. The molecule has 17 heavy (non-hydrogen) atoms. The maximum atomic E-state index is 5.76. The summed E-state index contributed by atoms with van der Waals surface area (Å²) in [6.45, 7) is 4.22. The van der Waals surface area contributed by atoms with Crippen molar-refractivity contribution in [3.05, 3.63) is 47.3 Å². The summed E-state index contributed by atoms with van der Waals surface area (Å²) in [7, 11) is 0. The molecule has 0 aliphatic rings. The van der Waals surface area contributed by atoms with Gasteiger partial charge < -0.3 is 5.73 Å². The van der Waals surface area contributed by atoms with Crippen LogP contribution in [0.4, 0.5) is 5.82 Å². The lowest BCUT2D eigenvalue weighted by atomic mass is 10.1. The second-order valence-electron chi connectivity index (χ2n) is 3.97. The van der Waals surface area contributed by atoms with Crippen LogP contribution in [-0.4, -0.2) is 9.97 Å². The van der Waals surface area contributed by atoms with Gasteiger partial charge in [-0.25, -0.2) is 9.97 Å². The number of nitrogen functional groups attached to an aromatic ring is 1. The Kier molecular flexibility index (Phi) is 3.64. The van der Waals surface area contributed by atoms with E-state index in [1.165, 1.54) is 16.7 Å². The average molecular weight is 245 g/mol. The van der Waals surface area contributed by atoms with Crippen LogP contribution in [0.15, 0.2) is 35.6 Å². The van der Waals surface area contributed by atoms with Crippen molar-refractivity contribution in [3.63, 3.8) is 0 Å².